The number of carbonyl (C=O) groups excluding carboxylic acids is 1. The third kappa shape index (κ3) is 4.28. The average Bonchev–Trinajstić information content (AvgIpc) is 3.48. The molecule has 0 saturated heterocycles. The molecule has 0 bridgehead atoms. The zero-order chi connectivity index (χ0) is 21.9. The third-order valence-electron chi connectivity index (χ3n) is 4.70. The predicted octanol–water partition coefficient (Wildman–Crippen LogP) is 5.08. The Hall–Kier alpha value is -3.85. The summed E-state index contributed by atoms with van der Waals surface area (Å²) in [4.78, 5) is 13.1. The van der Waals surface area contributed by atoms with Crippen LogP contribution in [0.1, 0.15) is 10.8 Å². The number of amides is 1. The van der Waals surface area contributed by atoms with Crippen molar-refractivity contribution >= 4 is 23.4 Å². The van der Waals surface area contributed by atoms with Gasteiger partial charge in [0.25, 0.3) is 5.22 Å². The molecular formula is C23H16FN3O4S. The standard InChI is InChI=1S/C23H16FN3O4S/c24-16-7-9-17(10-8-16)25-21(28)20(14-4-2-1-3-5-14)32-23-27-26-22(31-23)15-6-11-18-19(12-15)30-13-29-18/h1-12,20H,13H2,(H,25,28)/t20-/m1/s1. The van der Waals surface area contributed by atoms with Gasteiger partial charge in [-0.25, -0.2) is 4.39 Å². The van der Waals surface area contributed by atoms with Gasteiger partial charge in [-0.1, -0.05) is 30.3 Å². The Morgan fingerprint density at radius 3 is 2.56 bits per heavy atom. The van der Waals surface area contributed by atoms with E-state index >= 15 is 0 Å². The van der Waals surface area contributed by atoms with Crippen molar-refractivity contribution in [3.63, 3.8) is 0 Å². The van der Waals surface area contributed by atoms with Gasteiger partial charge in [-0.05, 0) is 59.8 Å². The van der Waals surface area contributed by atoms with Crippen molar-refractivity contribution < 1.29 is 23.1 Å². The Balaban J connectivity index is 1.38. The van der Waals surface area contributed by atoms with Crippen LogP contribution < -0.4 is 14.8 Å². The summed E-state index contributed by atoms with van der Waals surface area (Å²) in [5.41, 5.74) is 1.94. The quantitative estimate of drug-likeness (QED) is 0.411. The largest absolute Gasteiger partial charge is 0.454 e. The monoisotopic (exact) mass is 449 g/mol. The van der Waals surface area contributed by atoms with Gasteiger partial charge < -0.3 is 19.2 Å². The van der Waals surface area contributed by atoms with Crippen molar-refractivity contribution in [2.24, 2.45) is 0 Å². The first kappa shape index (κ1) is 20.1. The highest BCUT2D eigenvalue weighted by Crippen LogP contribution is 2.39. The Morgan fingerprint density at radius 1 is 0.969 bits per heavy atom. The first-order valence-corrected chi connectivity index (χ1v) is 10.6. The molecule has 7 nitrogen and oxygen atoms in total. The van der Waals surface area contributed by atoms with Crippen molar-refractivity contribution in [3.8, 4) is 23.0 Å². The number of anilines is 1. The first-order valence-electron chi connectivity index (χ1n) is 9.67. The van der Waals surface area contributed by atoms with Gasteiger partial charge >= 0.3 is 0 Å². The van der Waals surface area contributed by atoms with Crippen LogP contribution in [0, 0.1) is 5.82 Å². The second kappa shape index (κ2) is 8.72. The van der Waals surface area contributed by atoms with Crippen molar-refractivity contribution in [3.05, 3.63) is 84.2 Å². The number of benzene rings is 3. The lowest BCUT2D eigenvalue weighted by atomic mass is 10.1. The number of rotatable bonds is 6. The van der Waals surface area contributed by atoms with Crippen LogP contribution in [0.3, 0.4) is 0 Å². The van der Waals surface area contributed by atoms with E-state index < -0.39 is 5.25 Å². The molecule has 1 aromatic heterocycles. The minimum absolute atomic E-state index is 0.172. The summed E-state index contributed by atoms with van der Waals surface area (Å²) in [6.07, 6.45) is 0. The normalized spacial score (nSPS) is 13.0. The number of thioether (sulfide) groups is 1. The molecule has 0 radical (unpaired) electrons. The van der Waals surface area contributed by atoms with Gasteiger partial charge in [0.15, 0.2) is 11.5 Å². The maximum atomic E-state index is 13.2. The fraction of sp³-hybridized carbons (Fsp3) is 0.0870. The van der Waals surface area contributed by atoms with Crippen molar-refractivity contribution in [2.75, 3.05) is 12.1 Å². The summed E-state index contributed by atoms with van der Waals surface area (Å²) in [5, 5.41) is 10.6. The van der Waals surface area contributed by atoms with Crippen LogP contribution >= 0.6 is 11.8 Å². The number of nitrogens with zero attached hydrogens (tertiary/aromatic N) is 2. The molecule has 3 aromatic carbocycles. The fourth-order valence-electron chi connectivity index (χ4n) is 3.15. The third-order valence-corrected chi connectivity index (χ3v) is 5.79. The summed E-state index contributed by atoms with van der Waals surface area (Å²) < 4.78 is 29.7. The minimum atomic E-state index is -0.661. The van der Waals surface area contributed by atoms with Gasteiger partial charge in [0.05, 0.1) is 0 Å². The van der Waals surface area contributed by atoms with Gasteiger partial charge in [-0.2, -0.15) is 0 Å². The SMILES string of the molecule is O=C(Nc1ccc(F)cc1)[C@H](Sc1nnc(-c2ccc3c(c2)OCO3)o1)c1ccccc1. The second-order valence-corrected chi connectivity index (χ2v) is 7.90. The Labute approximate surface area is 186 Å². The number of hydrogen-bond donors (Lipinski definition) is 1. The summed E-state index contributed by atoms with van der Waals surface area (Å²) in [6, 6.07) is 20.2. The van der Waals surface area contributed by atoms with E-state index in [4.69, 9.17) is 13.9 Å². The highest BCUT2D eigenvalue weighted by Gasteiger charge is 2.25. The molecule has 0 unspecified atom stereocenters. The molecule has 9 heteroatoms. The van der Waals surface area contributed by atoms with Crippen LogP contribution in [0.4, 0.5) is 10.1 Å². The lowest BCUT2D eigenvalue weighted by molar-refractivity contribution is -0.115. The molecule has 32 heavy (non-hydrogen) atoms. The summed E-state index contributed by atoms with van der Waals surface area (Å²) in [7, 11) is 0. The molecule has 2 heterocycles. The number of fused-ring (bicyclic) bond motifs is 1. The molecule has 1 N–H and O–H groups in total. The van der Waals surface area contributed by atoms with E-state index in [0.717, 1.165) is 17.3 Å². The molecule has 4 aromatic rings. The molecule has 160 valence electrons. The molecule has 5 rings (SSSR count). The lowest BCUT2D eigenvalue weighted by Crippen LogP contribution is -2.19. The van der Waals surface area contributed by atoms with E-state index in [1.165, 1.54) is 24.3 Å². The summed E-state index contributed by atoms with van der Waals surface area (Å²) in [6.45, 7) is 0.172. The van der Waals surface area contributed by atoms with Gasteiger partial charge in [0.2, 0.25) is 18.6 Å². The average molecular weight is 449 g/mol. The van der Waals surface area contributed by atoms with Crippen LogP contribution in [-0.4, -0.2) is 22.9 Å². The van der Waals surface area contributed by atoms with E-state index in [1.54, 1.807) is 18.2 Å². The van der Waals surface area contributed by atoms with Crippen LogP contribution in [0.2, 0.25) is 0 Å². The Kier molecular flexibility index (Phi) is 5.47. The van der Waals surface area contributed by atoms with Crippen LogP contribution in [0.25, 0.3) is 11.5 Å². The van der Waals surface area contributed by atoms with Crippen molar-refractivity contribution in [1.29, 1.82) is 0 Å². The zero-order valence-corrected chi connectivity index (χ0v) is 17.3. The molecule has 0 spiro atoms. The Bertz CT molecular complexity index is 1250. The van der Waals surface area contributed by atoms with Crippen LogP contribution in [0.5, 0.6) is 11.5 Å². The van der Waals surface area contributed by atoms with E-state index in [0.29, 0.717) is 28.6 Å². The van der Waals surface area contributed by atoms with E-state index in [1.807, 2.05) is 30.3 Å². The van der Waals surface area contributed by atoms with Crippen molar-refractivity contribution in [1.82, 2.24) is 10.2 Å². The molecule has 0 aliphatic carbocycles. The zero-order valence-electron chi connectivity index (χ0n) is 16.5. The van der Waals surface area contributed by atoms with E-state index in [-0.39, 0.29) is 23.7 Å². The van der Waals surface area contributed by atoms with Gasteiger partial charge in [-0.3, -0.25) is 4.79 Å². The molecule has 0 fully saturated rings. The van der Waals surface area contributed by atoms with Gasteiger partial charge in [0.1, 0.15) is 11.1 Å². The number of hydrogen-bond acceptors (Lipinski definition) is 7. The summed E-state index contributed by atoms with van der Waals surface area (Å²) in [5.74, 6) is 0.895. The van der Waals surface area contributed by atoms with Crippen LogP contribution in [0.15, 0.2) is 82.4 Å². The van der Waals surface area contributed by atoms with E-state index in [2.05, 4.69) is 15.5 Å². The van der Waals surface area contributed by atoms with Crippen LogP contribution in [-0.2, 0) is 4.79 Å². The number of ether oxygens (including phenoxy) is 2. The number of carbonyl (C=O) groups is 1. The van der Waals surface area contributed by atoms with Gasteiger partial charge in [-0.15, -0.1) is 10.2 Å². The molecule has 1 aliphatic rings. The van der Waals surface area contributed by atoms with Gasteiger partial charge in [0, 0.05) is 11.3 Å². The highest BCUT2D eigenvalue weighted by molar-refractivity contribution is 8.00. The highest BCUT2D eigenvalue weighted by atomic mass is 32.2. The number of nitrogens with one attached hydrogen (secondary N) is 1. The second-order valence-electron chi connectivity index (χ2n) is 6.85. The lowest BCUT2D eigenvalue weighted by Gasteiger charge is -2.15. The molecule has 1 atom stereocenters. The molecule has 0 saturated carbocycles. The minimum Gasteiger partial charge on any atom is -0.454 e. The van der Waals surface area contributed by atoms with E-state index in [9.17, 15) is 9.18 Å². The number of halogens is 1. The summed E-state index contributed by atoms with van der Waals surface area (Å²) >= 11 is 1.13. The topological polar surface area (TPSA) is 86.5 Å². The smallest absolute Gasteiger partial charge is 0.277 e. The molecule has 1 aliphatic heterocycles. The predicted molar refractivity (Wildman–Crippen MR) is 116 cm³/mol. The fourth-order valence-corrected chi connectivity index (χ4v) is 4.02. The number of aromatic nitrogens is 2. The molecule has 1 amide bonds. The molecular weight excluding hydrogens is 433 g/mol. The first-order chi connectivity index (χ1) is 15.7. The Morgan fingerprint density at radius 2 is 1.75 bits per heavy atom. The maximum Gasteiger partial charge on any atom is 0.277 e. The maximum absolute atomic E-state index is 13.2. The van der Waals surface area contributed by atoms with Crippen molar-refractivity contribution in [2.45, 2.75) is 10.5 Å².